The summed E-state index contributed by atoms with van der Waals surface area (Å²) in [5, 5.41) is 7.80. The third kappa shape index (κ3) is 3.07. The zero-order valence-corrected chi connectivity index (χ0v) is 11.9. The number of rotatable bonds is 4. The fraction of sp³-hybridized carbons (Fsp3) is 0.0714. The van der Waals surface area contributed by atoms with E-state index in [0.717, 1.165) is 0 Å². The van der Waals surface area contributed by atoms with Gasteiger partial charge in [0.2, 0.25) is 0 Å². The SMILES string of the molecule is O=S([O-])Cc1ccc(-c2ncoc2-c2ccc(F)cc2)nn1. The van der Waals surface area contributed by atoms with Crippen LogP contribution in [-0.4, -0.2) is 23.9 Å². The standard InChI is InChI=1S/C14H10FN3O3S/c15-10-3-1-9(2-4-10)14-13(16-8-21-14)12-6-5-11(17-18-12)7-22(19)20/h1-6,8H,7H2,(H,19,20)/p-1. The lowest BCUT2D eigenvalue weighted by Gasteiger charge is -2.04. The molecule has 1 aromatic carbocycles. The predicted octanol–water partition coefficient (Wildman–Crippen LogP) is 2.32. The highest BCUT2D eigenvalue weighted by molar-refractivity contribution is 7.78. The molecule has 0 fully saturated rings. The second kappa shape index (κ2) is 6.12. The normalized spacial score (nSPS) is 12.3. The van der Waals surface area contributed by atoms with Gasteiger partial charge in [0.1, 0.15) is 17.2 Å². The second-order valence-corrected chi connectivity index (χ2v) is 5.29. The third-order valence-corrected chi connectivity index (χ3v) is 3.43. The van der Waals surface area contributed by atoms with Crippen molar-refractivity contribution in [2.45, 2.75) is 5.75 Å². The van der Waals surface area contributed by atoms with Gasteiger partial charge in [0.15, 0.2) is 12.2 Å². The van der Waals surface area contributed by atoms with Crippen molar-refractivity contribution in [2.75, 3.05) is 0 Å². The minimum atomic E-state index is -2.22. The Morgan fingerprint density at radius 2 is 1.91 bits per heavy atom. The number of nitrogens with zero attached hydrogens (tertiary/aromatic N) is 3. The van der Waals surface area contributed by atoms with Gasteiger partial charge in [0.25, 0.3) is 0 Å². The van der Waals surface area contributed by atoms with Crippen LogP contribution in [0.3, 0.4) is 0 Å². The summed E-state index contributed by atoms with van der Waals surface area (Å²) < 4.78 is 39.6. The summed E-state index contributed by atoms with van der Waals surface area (Å²) in [7, 11) is 0. The second-order valence-electron chi connectivity index (χ2n) is 4.39. The van der Waals surface area contributed by atoms with Crippen molar-refractivity contribution in [1.29, 1.82) is 0 Å². The first-order chi connectivity index (χ1) is 10.6. The molecule has 0 aliphatic carbocycles. The lowest BCUT2D eigenvalue weighted by atomic mass is 10.1. The molecule has 112 valence electrons. The van der Waals surface area contributed by atoms with E-state index in [9.17, 15) is 13.2 Å². The minimum Gasteiger partial charge on any atom is -0.772 e. The van der Waals surface area contributed by atoms with Crippen molar-refractivity contribution in [2.24, 2.45) is 0 Å². The van der Waals surface area contributed by atoms with E-state index >= 15 is 0 Å². The Kier molecular flexibility index (Phi) is 4.03. The van der Waals surface area contributed by atoms with Crippen LogP contribution in [0.4, 0.5) is 4.39 Å². The Morgan fingerprint density at radius 1 is 1.14 bits per heavy atom. The molecule has 3 rings (SSSR count). The van der Waals surface area contributed by atoms with Gasteiger partial charge in [-0.05, 0) is 47.5 Å². The molecular formula is C14H9FN3O3S-. The predicted molar refractivity (Wildman–Crippen MR) is 75.5 cm³/mol. The average Bonchev–Trinajstić information content (AvgIpc) is 2.97. The molecule has 0 saturated heterocycles. The molecule has 6 nitrogen and oxygen atoms in total. The van der Waals surface area contributed by atoms with Crippen LogP contribution in [0.2, 0.25) is 0 Å². The maximum absolute atomic E-state index is 13.0. The van der Waals surface area contributed by atoms with E-state index in [2.05, 4.69) is 15.2 Å². The van der Waals surface area contributed by atoms with Gasteiger partial charge in [0.05, 0.1) is 11.4 Å². The molecule has 0 saturated carbocycles. The first kappa shape index (κ1) is 14.5. The average molecular weight is 318 g/mol. The number of benzene rings is 1. The number of hydrogen-bond donors (Lipinski definition) is 0. The van der Waals surface area contributed by atoms with Crippen LogP contribution in [0.15, 0.2) is 47.2 Å². The van der Waals surface area contributed by atoms with Gasteiger partial charge in [-0.25, -0.2) is 9.37 Å². The molecule has 3 aromatic rings. The molecule has 22 heavy (non-hydrogen) atoms. The summed E-state index contributed by atoms with van der Waals surface area (Å²) >= 11 is -2.22. The molecule has 0 amide bonds. The Labute approximate surface area is 127 Å². The summed E-state index contributed by atoms with van der Waals surface area (Å²) in [5.74, 6) is -0.106. The first-order valence-electron chi connectivity index (χ1n) is 6.22. The van der Waals surface area contributed by atoms with E-state index in [1.54, 1.807) is 24.3 Å². The summed E-state index contributed by atoms with van der Waals surface area (Å²) in [5.41, 5.74) is 1.88. The zero-order chi connectivity index (χ0) is 15.5. The van der Waals surface area contributed by atoms with Crippen LogP contribution in [0, 0.1) is 5.82 Å². The largest absolute Gasteiger partial charge is 0.772 e. The van der Waals surface area contributed by atoms with Crippen LogP contribution in [0.25, 0.3) is 22.7 Å². The monoisotopic (exact) mass is 318 g/mol. The number of oxazole rings is 1. The molecule has 0 aliphatic heterocycles. The third-order valence-electron chi connectivity index (χ3n) is 2.90. The van der Waals surface area contributed by atoms with Crippen molar-refractivity contribution >= 4 is 11.1 Å². The van der Waals surface area contributed by atoms with Crippen molar-refractivity contribution in [3.8, 4) is 22.7 Å². The van der Waals surface area contributed by atoms with Crippen molar-refractivity contribution in [3.05, 3.63) is 54.3 Å². The maximum Gasteiger partial charge on any atom is 0.182 e. The van der Waals surface area contributed by atoms with Gasteiger partial charge >= 0.3 is 0 Å². The Balaban J connectivity index is 1.94. The Hall–Kier alpha value is -2.45. The molecule has 0 N–H and O–H groups in total. The zero-order valence-electron chi connectivity index (χ0n) is 11.1. The molecule has 1 unspecified atom stereocenters. The van der Waals surface area contributed by atoms with Gasteiger partial charge < -0.3 is 8.97 Å². The van der Waals surface area contributed by atoms with E-state index in [0.29, 0.717) is 28.4 Å². The van der Waals surface area contributed by atoms with E-state index in [1.807, 2.05) is 0 Å². The maximum atomic E-state index is 13.0. The molecule has 0 aliphatic rings. The highest BCUT2D eigenvalue weighted by Gasteiger charge is 2.14. The van der Waals surface area contributed by atoms with E-state index in [4.69, 9.17) is 4.42 Å². The van der Waals surface area contributed by atoms with Crippen molar-refractivity contribution in [3.63, 3.8) is 0 Å². The lowest BCUT2D eigenvalue weighted by molar-refractivity contribution is 0.535. The van der Waals surface area contributed by atoms with Gasteiger partial charge in [-0.1, -0.05) is 0 Å². The quantitative estimate of drug-likeness (QED) is 0.685. The molecule has 2 heterocycles. The summed E-state index contributed by atoms with van der Waals surface area (Å²) in [4.78, 5) is 4.09. The highest BCUT2D eigenvalue weighted by atomic mass is 32.2. The van der Waals surface area contributed by atoms with E-state index in [1.165, 1.54) is 18.5 Å². The van der Waals surface area contributed by atoms with Gasteiger partial charge in [-0.3, -0.25) is 4.21 Å². The fourth-order valence-electron chi connectivity index (χ4n) is 1.92. The number of halogens is 1. The fourth-order valence-corrected chi connectivity index (χ4v) is 2.31. The Morgan fingerprint density at radius 3 is 2.55 bits per heavy atom. The molecule has 2 aromatic heterocycles. The van der Waals surface area contributed by atoms with Crippen LogP contribution in [0.1, 0.15) is 5.69 Å². The molecule has 0 bridgehead atoms. The van der Waals surface area contributed by atoms with Crippen LogP contribution < -0.4 is 0 Å². The number of hydrogen-bond acceptors (Lipinski definition) is 6. The van der Waals surface area contributed by atoms with E-state index in [-0.39, 0.29) is 11.6 Å². The number of aromatic nitrogens is 3. The van der Waals surface area contributed by atoms with Crippen LogP contribution in [-0.2, 0) is 16.8 Å². The lowest BCUT2D eigenvalue weighted by Crippen LogP contribution is -1.99. The smallest absolute Gasteiger partial charge is 0.182 e. The van der Waals surface area contributed by atoms with Gasteiger partial charge in [-0.15, -0.1) is 5.10 Å². The molecule has 0 spiro atoms. The summed E-state index contributed by atoms with van der Waals surface area (Å²) in [6, 6.07) is 8.95. The van der Waals surface area contributed by atoms with E-state index < -0.39 is 11.1 Å². The van der Waals surface area contributed by atoms with Gasteiger partial charge in [-0.2, -0.15) is 5.10 Å². The molecule has 0 radical (unpaired) electrons. The summed E-state index contributed by atoms with van der Waals surface area (Å²) in [6.45, 7) is 0. The topological polar surface area (TPSA) is 91.9 Å². The summed E-state index contributed by atoms with van der Waals surface area (Å²) in [6.07, 6.45) is 1.26. The van der Waals surface area contributed by atoms with Crippen molar-refractivity contribution < 1.29 is 17.6 Å². The van der Waals surface area contributed by atoms with Crippen LogP contribution in [0.5, 0.6) is 0 Å². The van der Waals surface area contributed by atoms with Crippen LogP contribution >= 0.6 is 0 Å². The molecular weight excluding hydrogens is 309 g/mol. The first-order valence-corrected chi connectivity index (χ1v) is 7.46. The molecule has 1 atom stereocenters. The highest BCUT2D eigenvalue weighted by Crippen LogP contribution is 2.29. The van der Waals surface area contributed by atoms with Gasteiger partial charge in [0, 0.05) is 5.56 Å². The molecule has 8 heteroatoms. The van der Waals surface area contributed by atoms with Crippen molar-refractivity contribution in [1.82, 2.24) is 15.2 Å². The minimum absolute atomic E-state index is 0.198. The Bertz CT molecular complexity index is 803.